The van der Waals surface area contributed by atoms with E-state index >= 15 is 0 Å². The van der Waals surface area contributed by atoms with Gasteiger partial charge in [0.15, 0.2) is 6.29 Å². The molecule has 1 unspecified atom stereocenters. The zero-order valence-electron chi connectivity index (χ0n) is 6.56. The quantitative estimate of drug-likeness (QED) is 0.370. The van der Waals surface area contributed by atoms with E-state index in [1.807, 2.05) is 0 Å². The van der Waals surface area contributed by atoms with Crippen LogP contribution < -0.4 is 5.73 Å². The van der Waals surface area contributed by atoms with Gasteiger partial charge < -0.3 is 15.9 Å². The van der Waals surface area contributed by atoms with E-state index in [2.05, 4.69) is 0 Å². The normalized spacial score (nSPS) is 13.1. The molecule has 0 fully saturated rings. The molecule has 0 amide bonds. The lowest BCUT2D eigenvalue weighted by Crippen LogP contribution is -2.37. The minimum atomic E-state index is -1.66. The molecule has 70 valence electrons. The number of aliphatic hydroxyl groups excluding tert-OH is 1. The Morgan fingerprint density at radius 2 is 2.00 bits per heavy atom. The van der Waals surface area contributed by atoms with Gasteiger partial charge in [0.1, 0.15) is 0 Å². The van der Waals surface area contributed by atoms with Crippen molar-refractivity contribution in [3.63, 3.8) is 0 Å². The van der Waals surface area contributed by atoms with Gasteiger partial charge in [-0.15, -0.1) is 0 Å². The van der Waals surface area contributed by atoms with E-state index in [1.165, 1.54) is 0 Å². The number of carbonyl (C=O) groups is 2. The van der Waals surface area contributed by atoms with Crippen molar-refractivity contribution in [2.75, 3.05) is 5.75 Å². The highest BCUT2D eigenvalue weighted by molar-refractivity contribution is 8.15. The Bertz CT molecular complexity index is 182. The molecule has 1 atom stereocenters. The Kier molecular flexibility index (Phi) is 5.07. The highest BCUT2D eigenvalue weighted by atomic mass is 32.2. The van der Waals surface area contributed by atoms with Crippen LogP contribution in [0.4, 0.5) is 0 Å². The summed E-state index contributed by atoms with van der Waals surface area (Å²) in [5.41, 5.74) is 5.18. The molecule has 0 saturated heterocycles. The highest BCUT2D eigenvalue weighted by Crippen LogP contribution is 2.05. The Labute approximate surface area is 73.9 Å². The molecule has 5 nitrogen and oxygen atoms in total. The second-order valence-corrected chi connectivity index (χ2v) is 3.22. The molecule has 0 bridgehead atoms. The van der Waals surface area contributed by atoms with Crippen LogP contribution in [-0.2, 0) is 9.59 Å². The van der Waals surface area contributed by atoms with Gasteiger partial charge in [0, 0.05) is 12.7 Å². The second-order valence-electron chi connectivity index (χ2n) is 2.23. The van der Waals surface area contributed by atoms with E-state index in [9.17, 15) is 9.59 Å². The standard InChI is InChI=1S/C6H11NO4S/c1-3(8)6(11)12-2-4(7)5(9)10/h4-5,9-10H,2,7H2,1H3. The maximum atomic E-state index is 10.7. The zero-order valence-corrected chi connectivity index (χ0v) is 7.37. The minimum Gasteiger partial charge on any atom is -0.367 e. The fraction of sp³-hybridized carbons (Fsp3) is 0.667. The summed E-state index contributed by atoms with van der Waals surface area (Å²) in [6.45, 7) is 1.15. The Balaban J connectivity index is 3.69. The molecule has 0 spiro atoms. The van der Waals surface area contributed by atoms with Crippen LogP contribution in [0.5, 0.6) is 0 Å². The number of rotatable bonds is 4. The summed E-state index contributed by atoms with van der Waals surface area (Å²) >= 11 is 0.687. The first-order chi connectivity index (χ1) is 5.45. The fourth-order valence-electron chi connectivity index (χ4n) is 0.360. The van der Waals surface area contributed by atoms with Gasteiger partial charge in [0.25, 0.3) is 5.12 Å². The lowest BCUT2D eigenvalue weighted by atomic mass is 10.4. The number of hydrogen-bond acceptors (Lipinski definition) is 6. The van der Waals surface area contributed by atoms with Crippen molar-refractivity contribution >= 4 is 22.7 Å². The summed E-state index contributed by atoms with van der Waals surface area (Å²) in [5, 5.41) is 16.4. The average Bonchev–Trinajstić information content (AvgIpc) is 1.98. The number of carbonyl (C=O) groups excluding carboxylic acids is 2. The van der Waals surface area contributed by atoms with Crippen molar-refractivity contribution in [2.24, 2.45) is 5.73 Å². The first-order valence-corrected chi connectivity index (χ1v) is 4.23. The summed E-state index contributed by atoms with van der Waals surface area (Å²) in [7, 11) is 0. The topological polar surface area (TPSA) is 101 Å². The average molecular weight is 193 g/mol. The Morgan fingerprint density at radius 1 is 1.50 bits per heavy atom. The van der Waals surface area contributed by atoms with E-state index in [4.69, 9.17) is 15.9 Å². The van der Waals surface area contributed by atoms with Crippen LogP contribution in [0.25, 0.3) is 0 Å². The third kappa shape index (κ3) is 4.45. The summed E-state index contributed by atoms with van der Waals surface area (Å²) in [4.78, 5) is 21.1. The predicted octanol–water partition coefficient (Wildman–Crippen LogP) is -1.53. The molecule has 6 heteroatoms. The van der Waals surface area contributed by atoms with Gasteiger partial charge in [-0.1, -0.05) is 11.8 Å². The summed E-state index contributed by atoms with van der Waals surface area (Å²) < 4.78 is 0. The summed E-state index contributed by atoms with van der Waals surface area (Å²) in [6.07, 6.45) is -1.66. The smallest absolute Gasteiger partial charge is 0.254 e. The van der Waals surface area contributed by atoms with Crippen molar-refractivity contribution in [3.05, 3.63) is 0 Å². The SMILES string of the molecule is CC(=O)C(=O)SCC(N)C(O)O. The summed E-state index contributed by atoms with van der Waals surface area (Å²) in [5.74, 6) is -0.546. The third-order valence-corrected chi connectivity index (χ3v) is 2.18. The van der Waals surface area contributed by atoms with Crippen molar-refractivity contribution in [2.45, 2.75) is 19.3 Å². The number of aliphatic hydroxyl groups is 2. The van der Waals surface area contributed by atoms with Crippen molar-refractivity contribution in [3.8, 4) is 0 Å². The predicted molar refractivity (Wildman–Crippen MR) is 44.3 cm³/mol. The number of Topliss-reactive ketones (excluding diaryl/α,β-unsaturated/α-hetero) is 1. The van der Waals surface area contributed by atoms with Gasteiger partial charge in [-0.25, -0.2) is 0 Å². The maximum Gasteiger partial charge on any atom is 0.254 e. The van der Waals surface area contributed by atoms with Crippen molar-refractivity contribution in [1.82, 2.24) is 0 Å². The molecule has 0 radical (unpaired) electrons. The van der Waals surface area contributed by atoms with Gasteiger partial charge >= 0.3 is 0 Å². The molecule has 0 saturated carbocycles. The maximum absolute atomic E-state index is 10.7. The lowest BCUT2D eigenvalue weighted by Gasteiger charge is -2.11. The molecule has 0 aliphatic heterocycles. The molecule has 0 aromatic carbocycles. The number of thioether (sulfide) groups is 1. The molecule has 4 N–H and O–H groups in total. The van der Waals surface area contributed by atoms with Crippen LogP contribution in [0.2, 0.25) is 0 Å². The minimum absolute atomic E-state index is 0.0239. The van der Waals surface area contributed by atoms with Crippen LogP contribution >= 0.6 is 11.8 Å². The third-order valence-electron chi connectivity index (χ3n) is 1.08. The number of nitrogens with two attached hydrogens (primary N) is 1. The molecule has 12 heavy (non-hydrogen) atoms. The molecular weight excluding hydrogens is 182 g/mol. The lowest BCUT2D eigenvalue weighted by molar-refractivity contribution is -0.130. The van der Waals surface area contributed by atoms with Crippen LogP contribution in [0.15, 0.2) is 0 Å². The van der Waals surface area contributed by atoms with Crippen LogP contribution in [0, 0.1) is 0 Å². The van der Waals surface area contributed by atoms with Gasteiger partial charge in [-0.2, -0.15) is 0 Å². The van der Waals surface area contributed by atoms with Gasteiger partial charge in [-0.3, -0.25) is 9.59 Å². The zero-order chi connectivity index (χ0) is 9.72. The van der Waals surface area contributed by atoms with Crippen LogP contribution in [-0.4, -0.2) is 39.2 Å². The molecule has 0 aromatic heterocycles. The van der Waals surface area contributed by atoms with Crippen LogP contribution in [0.1, 0.15) is 6.92 Å². The first kappa shape index (κ1) is 11.6. The molecule has 0 aliphatic rings. The second kappa shape index (κ2) is 5.26. The molecule has 0 rings (SSSR count). The number of hydrogen-bond donors (Lipinski definition) is 3. The van der Waals surface area contributed by atoms with Gasteiger partial charge in [-0.05, 0) is 0 Å². The number of ketones is 1. The molecule has 0 aliphatic carbocycles. The van der Waals surface area contributed by atoms with Gasteiger partial charge in [0.05, 0.1) is 6.04 Å². The van der Waals surface area contributed by atoms with Gasteiger partial charge in [0.2, 0.25) is 5.78 Å². The van der Waals surface area contributed by atoms with E-state index in [0.717, 1.165) is 6.92 Å². The molecule has 0 aromatic rings. The highest BCUT2D eigenvalue weighted by Gasteiger charge is 2.15. The Hall–Kier alpha value is -0.430. The largest absolute Gasteiger partial charge is 0.367 e. The van der Waals surface area contributed by atoms with Crippen molar-refractivity contribution in [1.29, 1.82) is 0 Å². The van der Waals surface area contributed by atoms with Crippen molar-refractivity contribution < 1.29 is 19.8 Å². The van der Waals surface area contributed by atoms with E-state index in [0.29, 0.717) is 11.8 Å². The molecular formula is C6H11NO4S. The Morgan fingerprint density at radius 3 is 2.33 bits per heavy atom. The first-order valence-electron chi connectivity index (χ1n) is 3.24. The fourth-order valence-corrected chi connectivity index (χ4v) is 1.08. The monoisotopic (exact) mass is 193 g/mol. The van der Waals surface area contributed by atoms with E-state index < -0.39 is 23.2 Å². The van der Waals surface area contributed by atoms with Crippen LogP contribution in [0.3, 0.4) is 0 Å². The summed E-state index contributed by atoms with van der Waals surface area (Å²) in [6, 6.07) is -0.904. The molecule has 0 heterocycles. The van der Waals surface area contributed by atoms with E-state index in [1.54, 1.807) is 0 Å². The van der Waals surface area contributed by atoms with E-state index in [-0.39, 0.29) is 5.75 Å².